The molecule has 0 aromatic carbocycles. The van der Waals surface area contributed by atoms with Gasteiger partial charge in [-0.3, -0.25) is 19.6 Å². The first kappa shape index (κ1) is 23.1. The number of pyridine rings is 1. The molecule has 0 N–H and O–H groups in total. The van der Waals surface area contributed by atoms with Gasteiger partial charge in [0.25, 0.3) is 5.91 Å². The van der Waals surface area contributed by atoms with E-state index >= 15 is 0 Å². The van der Waals surface area contributed by atoms with Crippen molar-refractivity contribution in [2.45, 2.75) is 58.0 Å². The van der Waals surface area contributed by atoms with Crippen molar-refractivity contribution in [1.29, 1.82) is 0 Å². The van der Waals surface area contributed by atoms with Crippen LogP contribution in [0.1, 0.15) is 45.6 Å². The third-order valence-electron chi connectivity index (χ3n) is 6.40. The summed E-state index contributed by atoms with van der Waals surface area (Å²) < 4.78 is 0. The Bertz CT molecular complexity index is 719. The lowest BCUT2D eigenvalue weighted by molar-refractivity contribution is -0.136. The fourth-order valence-electron chi connectivity index (χ4n) is 4.75. The lowest BCUT2D eigenvalue weighted by Gasteiger charge is -2.44. The Morgan fingerprint density at radius 3 is 2.53 bits per heavy atom. The van der Waals surface area contributed by atoms with Crippen molar-refractivity contribution in [3.05, 3.63) is 30.1 Å². The normalized spacial score (nSPS) is 20.6. The van der Waals surface area contributed by atoms with Crippen molar-refractivity contribution in [1.82, 2.24) is 19.7 Å². The molecule has 30 heavy (non-hydrogen) atoms. The molecule has 0 saturated carbocycles. The van der Waals surface area contributed by atoms with E-state index in [-0.39, 0.29) is 11.9 Å². The summed E-state index contributed by atoms with van der Waals surface area (Å²) >= 11 is 1.86. The van der Waals surface area contributed by atoms with Crippen LogP contribution in [0.4, 0.5) is 4.79 Å². The Labute approximate surface area is 185 Å². The monoisotopic (exact) mass is 432 g/mol. The molecule has 2 fully saturated rings. The van der Waals surface area contributed by atoms with E-state index in [4.69, 9.17) is 0 Å². The van der Waals surface area contributed by atoms with Gasteiger partial charge >= 0.3 is 6.03 Å². The first-order valence-electron chi connectivity index (χ1n) is 11.1. The van der Waals surface area contributed by atoms with Gasteiger partial charge < -0.3 is 4.90 Å². The van der Waals surface area contributed by atoms with Gasteiger partial charge in [-0.05, 0) is 56.4 Å². The van der Waals surface area contributed by atoms with E-state index < -0.39 is 5.54 Å². The number of nitrogens with zero attached hydrogens (tertiary/aromatic N) is 4. The molecule has 3 rings (SSSR count). The molecule has 0 radical (unpaired) electrons. The highest BCUT2D eigenvalue weighted by atomic mass is 32.2. The molecule has 1 aromatic heterocycles. The molecule has 2 aliphatic heterocycles. The third-order valence-corrected chi connectivity index (χ3v) is 7.21. The molecule has 166 valence electrons. The highest BCUT2D eigenvalue weighted by Crippen LogP contribution is 2.38. The Morgan fingerprint density at radius 1 is 1.20 bits per heavy atom. The predicted molar refractivity (Wildman–Crippen MR) is 123 cm³/mol. The molecule has 7 heteroatoms. The molecule has 1 aromatic rings. The number of imide groups is 1. The predicted octanol–water partition coefficient (Wildman–Crippen LogP) is 3.52. The van der Waals surface area contributed by atoms with E-state index in [1.807, 2.05) is 35.0 Å². The molecule has 0 unspecified atom stereocenters. The van der Waals surface area contributed by atoms with E-state index in [1.54, 1.807) is 6.20 Å². The van der Waals surface area contributed by atoms with E-state index in [9.17, 15) is 9.59 Å². The summed E-state index contributed by atoms with van der Waals surface area (Å²) in [5, 5.41) is 0. The van der Waals surface area contributed by atoms with Gasteiger partial charge in [0.2, 0.25) is 0 Å². The summed E-state index contributed by atoms with van der Waals surface area (Å²) in [5.41, 5.74) is 0.493. The van der Waals surface area contributed by atoms with Gasteiger partial charge in [-0.2, -0.15) is 11.8 Å². The van der Waals surface area contributed by atoms with Crippen molar-refractivity contribution in [3.8, 4) is 0 Å². The number of piperidine rings is 1. The number of amides is 3. The van der Waals surface area contributed by atoms with Crippen LogP contribution < -0.4 is 0 Å². The zero-order chi connectivity index (χ0) is 21.7. The number of aryl methyl sites for hydroxylation is 1. The lowest BCUT2D eigenvalue weighted by Crippen LogP contribution is -2.58. The standard InChI is InChI=1S/C23H36N4O2S/c1-18(2)16-27-22(29)26(12-6-8-20-7-5-11-24-15-20)21(28)23(27)9-13-25(14-10-23)19(3)17-30-4/h5,7,11,15,18-19H,6,8-10,12-14,16-17H2,1-4H3/t19-/m0/s1. The maximum atomic E-state index is 13.6. The van der Waals surface area contributed by atoms with Gasteiger partial charge in [-0.15, -0.1) is 0 Å². The number of carbonyl (C=O) groups is 2. The average molecular weight is 433 g/mol. The van der Waals surface area contributed by atoms with Crippen LogP contribution in [-0.2, 0) is 11.2 Å². The van der Waals surface area contributed by atoms with Crippen molar-refractivity contribution >= 4 is 23.7 Å². The zero-order valence-electron chi connectivity index (χ0n) is 18.8. The minimum atomic E-state index is -0.648. The largest absolute Gasteiger partial charge is 0.327 e. The molecule has 2 saturated heterocycles. The number of rotatable bonds is 9. The number of thioether (sulfide) groups is 1. The van der Waals surface area contributed by atoms with Crippen LogP contribution in [0, 0.1) is 5.92 Å². The van der Waals surface area contributed by atoms with Crippen LogP contribution in [0.2, 0.25) is 0 Å². The number of aromatic nitrogens is 1. The Kier molecular flexibility index (Phi) is 7.80. The highest BCUT2D eigenvalue weighted by Gasteiger charge is 2.57. The topological polar surface area (TPSA) is 56.8 Å². The van der Waals surface area contributed by atoms with E-state index in [0.29, 0.717) is 25.0 Å². The van der Waals surface area contributed by atoms with Crippen molar-refractivity contribution in [2.24, 2.45) is 5.92 Å². The Balaban J connectivity index is 1.70. The summed E-state index contributed by atoms with van der Waals surface area (Å²) in [6.07, 6.45) is 8.81. The van der Waals surface area contributed by atoms with Crippen LogP contribution in [0.5, 0.6) is 0 Å². The molecular formula is C23H36N4O2S. The van der Waals surface area contributed by atoms with Gasteiger partial charge in [0.15, 0.2) is 0 Å². The number of carbonyl (C=O) groups excluding carboxylic acids is 2. The maximum Gasteiger partial charge on any atom is 0.327 e. The quantitative estimate of drug-likeness (QED) is 0.559. The number of likely N-dealkylation sites (tertiary alicyclic amines) is 1. The molecule has 1 spiro atoms. The van der Waals surface area contributed by atoms with Gasteiger partial charge in [-0.1, -0.05) is 19.9 Å². The summed E-state index contributed by atoms with van der Waals surface area (Å²) in [6.45, 7) is 9.36. The molecule has 0 aliphatic carbocycles. The van der Waals surface area contributed by atoms with Gasteiger partial charge in [-0.25, -0.2) is 4.79 Å². The van der Waals surface area contributed by atoms with Crippen LogP contribution in [0.15, 0.2) is 24.5 Å². The SMILES string of the molecule is CSC[C@H](C)N1CCC2(CC1)C(=O)N(CCCc1cccnc1)C(=O)N2CC(C)C. The molecule has 1 atom stereocenters. The Morgan fingerprint density at radius 2 is 1.93 bits per heavy atom. The van der Waals surface area contributed by atoms with Gasteiger partial charge in [0, 0.05) is 50.4 Å². The number of hydrogen-bond donors (Lipinski definition) is 0. The summed E-state index contributed by atoms with van der Waals surface area (Å²) in [4.78, 5) is 36.9. The summed E-state index contributed by atoms with van der Waals surface area (Å²) in [6, 6.07) is 4.37. The van der Waals surface area contributed by atoms with Crippen LogP contribution in [-0.4, -0.2) is 81.4 Å². The molecule has 2 aliphatic rings. The lowest BCUT2D eigenvalue weighted by atomic mass is 9.85. The second-order valence-corrected chi connectivity index (χ2v) is 9.99. The van der Waals surface area contributed by atoms with Gasteiger partial charge in [0.1, 0.15) is 5.54 Å². The number of urea groups is 1. The van der Waals surface area contributed by atoms with E-state index in [1.165, 1.54) is 4.90 Å². The van der Waals surface area contributed by atoms with Gasteiger partial charge in [0.05, 0.1) is 0 Å². The molecular weight excluding hydrogens is 396 g/mol. The first-order valence-corrected chi connectivity index (χ1v) is 12.5. The van der Waals surface area contributed by atoms with Crippen LogP contribution >= 0.6 is 11.8 Å². The maximum absolute atomic E-state index is 13.6. The second-order valence-electron chi connectivity index (χ2n) is 9.08. The van der Waals surface area contributed by atoms with Crippen LogP contribution in [0.25, 0.3) is 0 Å². The smallest absolute Gasteiger partial charge is 0.309 e. The van der Waals surface area contributed by atoms with Crippen molar-refractivity contribution < 1.29 is 9.59 Å². The zero-order valence-corrected chi connectivity index (χ0v) is 19.7. The Hall–Kier alpha value is -1.60. The highest BCUT2D eigenvalue weighted by molar-refractivity contribution is 7.98. The number of hydrogen-bond acceptors (Lipinski definition) is 5. The van der Waals surface area contributed by atoms with Crippen LogP contribution in [0.3, 0.4) is 0 Å². The molecule has 0 bridgehead atoms. The third kappa shape index (κ3) is 4.83. The van der Waals surface area contributed by atoms with Crippen molar-refractivity contribution in [2.75, 3.05) is 38.2 Å². The van der Waals surface area contributed by atoms with E-state index in [0.717, 1.165) is 50.1 Å². The minimum Gasteiger partial charge on any atom is -0.309 e. The van der Waals surface area contributed by atoms with Crippen molar-refractivity contribution in [3.63, 3.8) is 0 Å². The first-order chi connectivity index (χ1) is 14.4. The molecule has 6 nitrogen and oxygen atoms in total. The fourth-order valence-corrected chi connectivity index (χ4v) is 5.44. The fraction of sp³-hybridized carbons (Fsp3) is 0.696. The summed E-state index contributed by atoms with van der Waals surface area (Å²) in [5.74, 6) is 1.45. The molecule has 3 amide bonds. The minimum absolute atomic E-state index is 0.0245. The average Bonchev–Trinajstić information content (AvgIpc) is 2.91. The summed E-state index contributed by atoms with van der Waals surface area (Å²) in [7, 11) is 0. The van der Waals surface area contributed by atoms with E-state index in [2.05, 4.69) is 36.9 Å². The second kappa shape index (κ2) is 10.1. The molecule has 3 heterocycles.